The quantitative estimate of drug-likeness (QED) is 0.871. The van der Waals surface area contributed by atoms with Crippen LogP contribution in [0.15, 0.2) is 57.2 Å². The fourth-order valence-corrected chi connectivity index (χ4v) is 3.31. The molecule has 0 radical (unpaired) electrons. The molecule has 2 aromatic rings. The van der Waals surface area contributed by atoms with Crippen LogP contribution in [0.4, 0.5) is 0 Å². The fourth-order valence-electron chi connectivity index (χ4n) is 1.69. The normalized spacial score (nSPS) is 11.1. The Hall–Kier alpha value is -1.77. The van der Waals surface area contributed by atoms with Crippen molar-refractivity contribution in [2.75, 3.05) is 6.26 Å². The molecule has 0 aliphatic carbocycles. The summed E-state index contributed by atoms with van der Waals surface area (Å²) in [6.07, 6.45) is 1.18. The number of benzene rings is 2. The van der Waals surface area contributed by atoms with Gasteiger partial charge in [0, 0.05) is 16.0 Å². The second kappa shape index (κ2) is 5.70. The van der Waals surface area contributed by atoms with Gasteiger partial charge >= 0.3 is 0 Å². The summed E-state index contributed by atoms with van der Waals surface area (Å²) in [7, 11) is -3.17. The van der Waals surface area contributed by atoms with Crippen molar-refractivity contribution in [1.29, 1.82) is 5.26 Å². The Labute approximate surface area is 123 Å². The summed E-state index contributed by atoms with van der Waals surface area (Å²) in [5, 5.41) is 9.10. The monoisotopic (exact) mass is 303 g/mol. The molecule has 0 atom stereocenters. The molecule has 102 valence electrons. The molecule has 0 aliphatic heterocycles. The summed E-state index contributed by atoms with van der Waals surface area (Å²) in [5.74, 6) is 0. The van der Waals surface area contributed by atoms with E-state index >= 15 is 0 Å². The third-order valence-electron chi connectivity index (χ3n) is 2.74. The highest BCUT2D eigenvalue weighted by Crippen LogP contribution is 2.31. The van der Waals surface area contributed by atoms with Gasteiger partial charge in [0.1, 0.15) is 6.07 Å². The molecule has 0 fully saturated rings. The predicted octanol–water partition coefficient (Wildman–Crippen LogP) is 3.42. The number of aryl methyl sites for hydroxylation is 1. The summed E-state index contributed by atoms with van der Waals surface area (Å²) in [6.45, 7) is 1.97. The van der Waals surface area contributed by atoms with Crippen LogP contribution in [0, 0.1) is 18.3 Å². The van der Waals surface area contributed by atoms with E-state index in [9.17, 15) is 8.42 Å². The van der Waals surface area contributed by atoms with Gasteiger partial charge in [0.25, 0.3) is 0 Å². The minimum atomic E-state index is -3.17. The molecule has 0 aromatic heterocycles. The third kappa shape index (κ3) is 3.41. The van der Waals surface area contributed by atoms with Gasteiger partial charge in [-0.25, -0.2) is 8.42 Å². The van der Waals surface area contributed by atoms with Gasteiger partial charge in [0.15, 0.2) is 9.84 Å². The summed E-state index contributed by atoms with van der Waals surface area (Å²) in [5.41, 5.74) is 1.70. The molecular weight excluding hydrogens is 290 g/mol. The topological polar surface area (TPSA) is 57.9 Å². The predicted molar refractivity (Wildman–Crippen MR) is 79.6 cm³/mol. The first-order valence-corrected chi connectivity index (χ1v) is 8.59. The van der Waals surface area contributed by atoms with E-state index in [1.807, 2.05) is 19.1 Å². The maximum Gasteiger partial charge on any atom is 0.175 e. The lowest BCUT2D eigenvalue weighted by Crippen LogP contribution is -1.96. The maximum atomic E-state index is 11.4. The molecule has 0 aliphatic rings. The van der Waals surface area contributed by atoms with Crippen molar-refractivity contribution in [2.45, 2.75) is 21.6 Å². The Kier molecular flexibility index (Phi) is 4.17. The first-order valence-electron chi connectivity index (χ1n) is 5.89. The third-order valence-corrected chi connectivity index (χ3v) is 4.93. The van der Waals surface area contributed by atoms with E-state index in [2.05, 4.69) is 6.07 Å². The molecule has 0 amide bonds. The number of rotatable bonds is 3. The standard InChI is InChI=1S/C15H13NO2S2/c1-11-3-4-12(10-16)15(9-11)19-13-5-7-14(8-6-13)20(2,17)18/h3-9H,1-2H3. The number of nitrogens with zero attached hydrogens (tertiary/aromatic N) is 1. The van der Waals surface area contributed by atoms with Gasteiger partial charge < -0.3 is 0 Å². The van der Waals surface area contributed by atoms with Gasteiger partial charge in [-0.05, 0) is 48.9 Å². The minimum Gasteiger partial charge on any atom is -0.224 e. The van der Waals surface area contributed by atoms with E-state index in [1.54, 1.807) is 30.3 Å². The fraction of sp³-hybridized carbons (Fsp3) is 0.133. The van der Waals surface area contributed by atoms with E-state index in [1.165, 1.54) is 18.0 Å². The number of hydrogen-bond acceptors (Lipinski definition) is 4. The van der Waals surface area contributed by atoms with E-state index in [0.717, 1.165) is 15.4 Å². The van der Waals surface area contributed by atoms with Crippen LogP contribution in [-0.2, 0) is 9.84 Å². The smallest absolute Gasteiger partial charge is 0.175 e. The lowest BCUT2D eigenvalue weighted by Gasteiger charge is -2.06. The highest BCUT2D eigenvalue weighted by molar-refractivity contribution is 7.99. The molecular formula is C15H13NO2S2. The van der Waals surface area contributed by atoms with Crippen LogP contribution >= 0.6 is 11.8 Å². The van der Waals surface area contributed by atoms with E-state index in [-0.39, 0.29) is 0 Å². The van der Waals surface area contributed by atoms with Crippen molar-refractivity contribution >= 4 is 21.6 Å². The molecule has 5 heteroatoms. The average molecular weight is 303 g/mol. The van der Waals surface area contributed by atoms with Crippen molar-refractivity contribution < 1.29 is 8.42 Å². The minimum absolute atomic E-state index is 0.298. The van der Waals surface area contributed by atoms with Gasteiger partial charge in [-0.3, -0.25) is 0 Å². The molecule has 0 spiro atoms. The zero-order valence-electron chi connectivity index (χ0n) is 11.1. The number of hydrogen-bond donors (Lipinski definition) is 0. The summed E-state index contributed by atoms with van der Waals surface area (Å²) in [4.78, 5) is 2.07. The average Bonchev–Trinajstić information content (AvgIpc) is 2.38. The van der Waals surface area contributed by atoms with Gasteiger partial charge in [-0.1, -0.05) is 17.8 Å². The highest BCUT2D eigenvalue weighted by atomic mass is 32.2. The highest BCUT2D eigenvalue weighted by Gasteiger charge is 2.08. The van der Waals surface area contributed by atoms with Gasteiger partial charge in [0.2, 0.25) is 0 Å². The molecule has 2 aromatic carbocycles. The maximum absolute atomic E-state index is 11.4. The SMILES string of the molecule is Cc1ccc(C#N)c(Sc2ccc(S(C)(=O)=O)cc2)c1. The van der Waals surface area contributed by atoms with Crippen molar-refractivity contribution in [3.8, 4) is 6.07 Å². The first kappa shape index (κ1) is 14.6. The van der Waals surface area contributed by atoms with Crippen LogP contribution < -0.4 is 0 Å². The summed E-state index contributed by atoms with van der Waals surface area (Å²) >= 11 is 1.45. The second-order valence-corrected chi connectivity index (χ2v) is 7.59. The Bertz CT molecular complexity index is 773. The first-order chi connectivity index (χ1) is 9.40. The van der Waals surface area contributed by atoms with Crippen LogP contribution in [0.25, 0.3) is 0 Å². The van der Waals surface area contributed by atoms with Crippen molar-refractivity contribution in [3.63, 3.8) is 0 Å². The number of nitriles is 1. The lowest BCUT2D eigenvalue weighted by atomic mass is 10.2. The van der Waals surface area contributed by atoms with Crippen LogP contribution in [-0.4, -0.2) is 14.7 Å². The Balaban J connectivity index is 2.32. The molecule has 0 N–H and O–H groups in total. The van der Waals surface area contributed by atoms with E-state index < -0.39 is 9.84 Å². The molecule has 0 saturated heterocycles. The van der Waals surface area contributed by atoms with Crippen molar-refractivity contribution in [1.82, 2.24) is 0 Å². The van der Waals surface area contributed by atoms with Crippen LogP contribution in [0.3, 0.4) is 0 Å². The zero-order valence-corrected chi connectivity index (χ0v) is 12.8. The molecule has 2 rings (SSSR count). The Morgan fingerprint density at radius 2 is 1.75 bits per heavy atom. The van der Waals surface area contributed by atoms with E-state index in [0.29, 0.717) is 10.5 Å². The number of sulfone groups is 1. The van der Waals surface area contributed by atoms with Crippen LogP contribution in [0.1, 0.15) is 11.1 Å². The van der Waals surface area contributed by atoms with Gasteiger partial charge in [-0.15, -0.1) is 0 Å². The molecule has 0 bridgehead atoms. The Morgan fingerprint density at radius 3 is 2.30 bits per heavy atom. The zero-order chi connectivity index (χ0) is 14.8. The molecule has 0 saturated carbocycles. The van der Waals surface area contributed by atoms with Crippen molar-refractivity contribution in [3.05, 3.63) is 53.6 Å². The van der Waals surface area contributed by atoms with E-state index in [4.69, 9.17) is 5.26 Å². The molecule has 0 heterocycles. The Morgan fingerprint density at radius 1 is 1.10 bits per heavy atom. The largest absolute Gasteiger partial charge is 0.224 e. The van der Waals surface area contributed by atoms with Gasteiger partial charge in [-0.2, -0.15) is 5.26 Å². The van der Waals surface area contributed by atoms with Crippen LogP contribution in [0.5, 0.6) is 0 Å². The second-order valence-electron chi connectivity index (χ2n) is 4.46. The van der Waals surface area contributed by atoms with Crippen molar-refractivity contribution in [2.24, 2.45) is 0 Å². The molecule has 0 unspecified atom stereocenters. The van der Waals surface area contributed by atoms with Gasteiger partial charge in [0.05, 0.1) is 10.5 Å². The molecule has 3 nitrogen and oxygen atoms in total. The molecule has 20 heavy (non-hydrogen) atoms. The van der Waals surface area contributed by atoms with Crippen LogP contribution in [0.2, 0.25) is 0 Å². The summed E-state index contributed by atoms with van der Waals surface area (Å²) < 4.78 is 22.8. The summed E-state index contributed by atoms with van der Waals surface area (Å²) in [6, 6.07) is 14.5. The lowest BCUT2D eigenvalue weighted by molar-refractivity contribution is 0.602.